The first kappa shape index (κ1) is 14.6. The zero-order chi connectivity index (χ0) is 13.7. The Hall–Kier alpha value is -0.840. The van der Waals surface area contributed by atoms with Crippen LogP contribution in [0.5, 0.6) is 0 Å². The Morgan fingerprint density at radius 1 is 1.11 bits per heavy atom. The summed E-state index contributed by atoms with van der Waals surface area (Å²) in [6, 6.07) is 7.90. The maximum absolute atomic E-state index is 12.1. The van der Waals surface area contributed by atoms with Crippen LogP contribution in [0.4, 0.5) is 0 Å². The van der Waals surface area contributed by atoms with Gasteiger partial charge in [0.1, 0.15) is 0 Å². The molecule has 2 nitrogen and oxygen atoms in total. The quantitative estimate of drug-likeness (QED) is 0.540. The minimum Gasteiger partial charge on any atom is -0.346 e. The van der Waals surface area contributed by atoms with Crippen molar-refractivity contribution in [1.29, 1.82) is 0 Å². The van der Waals surface area contributed by atoms with Crippen molar-refractivity contribution < 1.29 is 0 Å². The van der Waals surface area contributed by atoms with E-state index in [0.717, 1.165) is 21.0 Å². The summed E-state index contributed by atoms with van der Waals surface area (Å²) in [5.41, 5.74) is 1.21. The molecule has 0 aliphatic carbocycles. The van der Waals surface area contributed by atoms with Gasteiger partial charge < -0.3 is 4.57 Å². The Kier molecular flexibility index (Phi) is 5.43. The monoisotopic (exact) mass is 369 g/mol. The molecule has 0 bridgehead atoms. The van der Waals surface area contributed by atoms with E-state index in [1.54, 1.807) is 0 Å². The van der Waals surface area contributed by atoms with Crippen molar-refractivity contribution in [3.63, 3.8) is 0 Å². The lowest BCUT2D eigenvalue weighted by molar-refractivity contribution is 0.575. The van der Waals surface area contributed by atoms with Crippen LogP contribution in [-0.4, -0.2) is 4.57 Å². The molecule has 0 N–H and O–H groups in total. The van der Waals surface area contributed by atoms with Gasteiger partial charge in [-0.3, -0.25) is 4.79 Å². The largest absolute Gasteiger partial charge is 0.346 e. The number of benzene rings is 1. The van der Waals surface area contributed by atoms with E-state index >= 15 is 0 Å². The van der Waals surface area contributed by atoms with Gasteiger partial charge in [0.15, 0.2) is 0 Å². The fourth-order valence-electron chi connectivity index (χ4n) is 2.38. The molecular formula is C16H20INO. The van der Waals surface area contributed by atoms with Crippen LogP contribution in [0.25, 0.3) is 10.9 Å². The molecule has 0 spiro atoms. The van der Waals surface area contributed by atoms with Crippen LogP contribution >= 0.6 is 22.6 Å². The molecule has 0 aliphatic heterocycles. The average molecular weight is 369 g/mol. The molecule has 0 unspecified atom stereocenters. The number of unbranched alkanes of at least 4 members (excludes halogenated alkanes) is 4. The lowest BCUT2D eigenvalue weighted by Gasteiger charge is -2.11. The molecule has 0 saturated carbocycles. The summed E-state index contributed by atoms with van der Waals surface area (Å²) >= 11 is 2.14. The van der Waals surface area contributed by atoms with Crippen molar-refractivity contribution in [2.45, 2.75) is 45.6 Å². The number of halogens is 1. The summed E-state index contributed by atoms with van der Waals surface area (Å²) in [4.78, 5) is 12.1. The van der Waals surface area contributed by atoms with E-state index in [9.17, 15) is 4.79 Å². The predicted octanol–water partition coefficient (Wildman–Crippen LogP) is 4.58. The highest BCUT2D eigenvalue weighted by Gasteiger charge is 2.06. The van der Waals surface area contributed by atoms with Gasteiger partial charge >= 0.3 is 0 Å². The average Bonchev–Trinajstić information content (AvgIpc) is 2.44. The smallest absolute Gasteiger partial charge is 0.202 e. The van der Waals surface area contributed by atoms with Crippen molar-refractivity contribution in [3.05, 3.63) is 44.3 Å². The van der Waals surface area contributed by atoms with E-state index in [0.29, 0.717) is 0 Å². The molecule has 3 heteroatoms. The van der Waals surface area contributed by atoms with Gasteiger partial charge in [-0.15, -0.1) is 0 Å². The highest BCUT2D eigenvalue weighted by molar-refractivity contribution is 14.1. The summed E-state index contributed by atoms with van der Waals surface area (Å²) in [6.07, 6.45) is 8.35. The van der Waals surface area contributed by atoms with Crippen LogP contribution < -0.4 is 5.43 Å². The minimum atomic E-state index is 0.151. The van der Waals surface area contributed by atoms with Crippen molar-refractivity contribution in [2.24, 2.45) is 0 Å². The first-order valence-electron chi connectivity index (χ1n) is 7.01. The Bertz CT molecular complexity index is 603. The molecule has 0 fully saturated rings. The number of hydrogen-bond donors (Lipinski definition) is 0. The molecule has 2 rings (SSSR count). The summed E-state index contributed by atoms with van der Waals surface area (Å²) in [5, 5.41) is 0.836. The number of nitrogens with zero attached hydrogens (tertiary/aromatic N) is 1. The van der Waals surface area contributed by atoms with Crippen LogP contribution in [0.1, 0.15) is 39.0 Å². The molecular weight excluding hydrogens is 349 g/mol. The third-order valence-corrected chi connectivity index (χ3v) is 4.22. The number of pyridine rings is 1. The normalized spacial score (nSPS) is 11.1. The standard InChI is InChI=1S/C16H20INO/c1-2-3-4-5-8-11-18-12-14(17)16(19)13-9-6-7-10-15(13)18/h6-7,9-10,12H,2-5,8,11H2,1H3. The fraction of sp³-hybridized carbons (Fsp3) is 0.438. The zero-order valence-electron chi connectivity index (χ0n) is 11.4. The predicted molar refractivity (Wildman–Crippen MR) is 89.7 cm³/mol. The summed E-state index contributed by atoms with van der Waals surface area (Å²) in [6.45, 7) is 3.23. The van der Waals surface area contributed by atoms with Gasteiger partial charge in [0.25, 0.3) is 0 Å². The van der Waals surface area contributed by atoms with Gasteiger partial charge in [-0.1, -0.05) is 44.7 Å². The maximum atomic E-state index is 12.1. The highest BCUT2D eigenvalue weighted by Crippen LogP contribution is 2.14. The SMILES string of the molecule is CCCCCCCn1cc(I)c(=O)c2ccccc21. The molecule has 0 aliphatic rings. The fourth-order valence-corrected chi connectivity index (χ4v) is 3.01. The first-order chi connectivity index (χ1) is 9.24. The van der Waals surface area contributed by atoms with Crippen molar-refractivity contribution in [2.75, 3.05) is 0 Å². The van der Waals surface area contributed by atoms with E-state index < -0.39 is 0 Å². The third kappa shape index (κ3) is 3.59. The molecule has 0 radical (unpaired) electrons. The Morgan fingerprint density at radius 2 is 1.84 bits per heavy atom. The number of rotatable bonds is 6. The van der Waals surface area contributed by atoms with Gasteiger partial charge in [-0.05, 0) is 41.1 Å². The molecule has 1 aromatic heterocycles. The molecule has 102 valence electrons. The van der Waals surface area contributed by atoms with Crippen LogP contribution in [0.3, 0.4) is 0 Å². The van der Waals surface area contributed by atoms with Gasteiger partial charge in [-0.25, -0.2) is 0 Å². The summed E-state index contributed by atoms with van der Waals surface area (Å²) < 4.78 is 3.04. The van der Waals surface area contributed by atoms with Gasteiger partial charge in [0, 0.05) is 18.1 Å². The lowest BCUT2D eigenvalue weighted by atomic mass is 10.1. The number of fused-ring (bicyclic) bond motifs is 1. The molecule has 0 amide bonds. The Balaban J connectivity index is 2.19. The molecule has 19 heavy (non-hydrogen) atoms. The Morgan fingerprint density at radius 3 is 2.63 bits per heavy atom. The second-order valence-electron chi connectivity index (χ2n) is 4.93. The number of aryl methyl sites for hydroxylation is 1. The van der Waals surface area contributed by atoms with Crippen LogP contribution in [0.15, 0.2) is 35.3 Å². The van der Waals surface area contributed by atoms with Crippen molar-refractivity contribution in [1.82, 2.24) is 4.57 Å². The highest BCUT2D eigenvalue weighted by atomic mass is 127. The van der Waals surface area contributed by atoms with E-state index in [2.05, 4.69) is 34.1 Å². The van der Waals surface area contributed by atoms with Crippen LogP contribution in [-0.2, 0) is 6.54 Å². The van der Waals surface area contributed by atoms with E-state index in [1.807, 2.05) is 30.5 Å². The Labute approximate surface area is 128 Å². The zero-order valence-corrected chi connectivity index (χ0v) is 13.5. The number of aromatic nitrogens is 1. The first-order valence-corrected chi connectivity index (χ1v) is 8.09. The number of hydrogen-bond acceptors (Lipinski definition) is 1. The summed E-state index contributed by atoms with van der Waals surface area (Å²) in [7, 11) is 0. The van der Waals surface area contributed by atoms with Crippen molar-refractivity contribution in [3.8, 4) is 0 Å². The second-order valence-corrected chi connectivity index (χ2v) is 6.09. The topological polar surface area (TPSA) is 22.0 Å². The molecule has 1 heterocycles. The molecule has 2 aromatic rings. The summed E-state index contributed by atoms with van der Waals surface area (Å²) in [5.74, 6) is 0. The van der Waals surface area contributed by atoms with Gasteiger partial charge in [0.05, 0.1) is 9.09 Å². The van der Waals surface area contributed by atoms with Crippen molar-refractivity contribution >= 4 is 33.5 Å². The van der Waals surface area contributed by atoms with Gasteiger partial charge in [0.2, 0.25) is 5.43 Å². The van der Waals surface area contributed by atoms with Gasteiger partial charge in [-0.2, -0.15) is 0 Å². The molecule has 0 atom stereocenters. The number of para-hydroxylation sites is 1. The van der Waals surface area contributed by atoms with E-state index in [1.165, 1.54) is 32.1 Å². The van der Waals surface area contributed by atoms with E-state index in [-0.39, 0.29) is 5.43 Å². The molecule has 0 saturated heterocycles. The maximum Gasteiger partial charge on any atom is 0.202 e. The molecule has 1 aromatic carbocycles. The third-order valence-electron chi connectivity index (χ3n) is 3.45. The lowest BCUT2D eigenvalue weighted by Crippen LogP contribution is -2.12. The van der Waals surface area contributed by atoms with Crippen LogP contribution in [0, 0.1) is 3.57 Å². The van der Waals surface area contributed by atoms with E-state index in [4.69, 9.17) is 0 Å². The van der Waals surface area contributed by atoms with Crippen LogP contribution in [0.2, 0.25) is 0 Å². The minimum absolute atomic E-state index is 0.151. The second kappa shape index (κ2) is 7.08.